The lowest BCUT2D eigenvalue weighted by atomic mass is 10.2. The first kappa shape index (κ1) is 14.0. The summed E-state index contributed by atoms with van der Waals surface area (Å²) in [6, 6.07) is 5.51. The third kappa shape index (κ3) is 3.34. The highest BCUT2D eigenvalue weighted by Gasteiger charge is 2.62. The minimum atomic E-state index is -4.26. The molecule has 1 aromatic carbocycles. The highest BCUT2D eigenvalue weighted by Crippen LogP contribution is 2.49. The number of hydrogen-bond donors (Lipinski definition) is 1. The molecule has 106 valence electrons. The third-order valence-electron chi connectivity index (χ3n) is 3.07. The number of alkyl halides is 5. The van der Waals surface area contributed by atoms with E-state index in [2.05, 4.69) is 10.1 Å². The number of halogens is 5. The smallest absolute Gasteiger partial charge is 0.406 e. The van der Waals surface area contributed by atoms with E-state index in [1.165, 1.54) is 24.3 Å². The van der Waals surface area contributed by atoms with E-state index >= 15 is 0 Å². The highest BCUT2D eigenvalue weighted by atomic mass is 19.4. The Hall–Kier alpha value is -1.37. The molecule has 1 aliphatic rings. The van der Waals surface area contributed by atoms with Crippen molar-refractivity contribution in [2.24, 2.45) is 0 Å². The quantitative estimate of drug-likeness (QED) is 0.834. The number of benzene rings is 1. The van der Waals surface area contributed by atoms with Crippen molar-refractivity contribution in [2.75, 3.05) is 0 Å². The largest absolute Gasteiger partial charge is 0.435 e. The Morgan fingerprint density at radius 3 is 2.16 bits per heavy atom. The van der Waals surface area contributed by atoms with Crippen LogP contribution in [0, 0.1) is 0 Å². The molecule has 1 aromatic rings. The zero-order chi connectivity index (χ0) is 14.1. The van der Waals surface area contributed by atoms with Crippen molar-refractivity contribution in [3.05, 3.63) is 29.8 Å². The second-order valence-corrected chi connectivity index (χ2v) is 4.46. The van der Waals surface area contributed by atoms with Crippen molar-refractivity contribution < 1.29 is 26.7 Å². The molecular formula is C12H12F5NO. The average molecular weight is 281 g/mol. The fourth-order valence-corrected chi connectivity index (χ4v) is 1.75. The summed E-state index contributed by atoms with van der Waals surface area (Å²) in [6.07, 6.45) is -4.11. The van der Waals surface area contributed by atoms with Crippen LogP contribution in [0.2, 0.25) is 0 Å². The summed E-state index contributed by atoms with van der Waals surface area (Å²) in [7, 11) is 0. The summed E-state index contributed by atoms with van der Waals surface area (Å²) in [5, 5.41) is 2.47. The van der Waals surface area contributed by atoms with E-state index in [9.17, 15) is 22.0 Å². The molecule has 1 aliphatic carbocycles. The molecule has 2 rings (SSSR count). The molecule has 1 N–H and O–H groups in total. The zero-order valence-corrected chi connectivity index (χ0v) is 9.81. The van der Waals surface area contributed by atoms with Crippen LogP contribution < -0.4 is 10.1 Å². The zero-order valence-electron chi connectivity index (χ0n) is 9.81. The van der Waals surface area contributed by atoms with E-state index < -0.39 is 18.3 Å². The van der Waals surface area contributed by atoms with Gasteiger partial charge in [0.2, 0.25) is 0 Å². The summed E-state index contributed by atoms with van der Waals surface area (Å²) >= 11 is 0. The summed E-state index contributed by atoms with van der Waals surface area (Å²) in [5.41, 5.74) is -1.19. The van der Waals surface area contributed by atoms with E-state index in [-0.39, 0.29) is 25.1 Å². The van der Waals surface area contributed by atoms with Crippen molar-refractivity contribution in [2.45, 2.75) is 37.7 Å². The minimum absolute atomic E-state index is 0.0179. The number of hydrogen-bond acceptors (Lipinski definition) is 2. The van der Waals surface area contributed by atoms with Crippen LogP contribution in [0.4, 0.5) is 22.0 Å². The van der Waals surface area contributed by atoms with Gasteiger partial charge in [0.1, 0.15) is 11.3 Å². The van der Waals surface area contributed by atoms with E-state index in [1.807, 2.05) is 0 Å². The molecule has 0 saturated heterocycles. The predicted molar refractivity (Wildman–Crippen MR) is 57.9 cm³/mol. The summed E-state index contributed by atoms with van der Waals surface area (Å²) < 4.78 is 65.9. The van der Waals surface area contributed by atoms with Gasteiger partial charge in [0.15, 0.2) is 0 Å². The van der Waals surface area contributed by atoms with E-state index in [0.29, 0.717) is 5.56 Å². The molecule has 2 nitrogen and oxygen atoms in total. The van der Waals surface area contributed by atoms with Gasteiger partial charge in [-0.25, -0.2) is 0 Å². The van der Waals surface area contributed by atoms with Crippen LogP contribution in [0.5, 0.6) is 5.75 Å². The van der Waals surface area contributed by atoms with Gasteiger partial charge in [-0.2, -0.15) is 22.0 Å². The van der Waals surface area contributed by atoms with Gasteiger partial charge in [0.05, 0.1) is 0 Å². The van der Waals surface area contributed by atoms with Crippen molar-refractivity contribution in [1.82, 2.24) is 5.32 Å². The lowest BCUT2D eigenvalue weighted by Gasteiger charge is -2.20. The van der Waals surface area contributed by atoms with Gasteiger partial charge in [-0.15, -0.1) is 0 Å². The van der Waals surface area contributed by atoms with E-state index in [0.717, 1.165) is 0 Å². The van der Waals surface area contributed by atoms with Crippen molar-refractivity contribution in [3.63, 3.8) is 0 Å². The van der Waals surface area contributed by atoms with Crippen LogP contribution in [0.3, 0.4) is 0 Å². The van der Waals surface area contributed by atoms with Crippen LogP contribution in [-0.2, 0) is 6.54 Å². The second kappa shape index (κ2) is 4.96. The van der Waals surface area contributed by atoms with Crippen LogP contribution in [0.1, 0.15) is 18.4 Å². The average Bonchev–Trinajstić information content (AvgIpc) is 3.08. The first-order valence-corrected chi connectivity index (χ1v) is 5.68. The summed E-state index contributed by atoms with van der Waals surface area (Å²) in [5.74, 6) is -0.0179. The molecule has 1 fully saturated rings. The van der Waals surface area contributed by atoms with Gasteiger partial charge in [-0.05, 0) is 30.5 Å². The minimum Gasteiger partial charge on any atom is -0.435 e. The second-order valence-electron chi connectivity index (χ2n) is 4.46. The first-order valence-electron chi connectivity index (χ1n) is 5.68. The van der Waals surface area contributed by atoms with Gasteiger partial charge in [-0.3, -0.25) is 5.32 Å². The SMILES string of the molecule is FC(F)Oc1ccc(CNC2(C(F)(F)F)CC2)cc1. The Morgan fingerprint density at radius 1 is 1.16 bits per heavy atom. The van der Waals surface area contributed by atoms with Crippen LogP contribution in [0.25, 0.3) is 0 Å². The van der Waals surface area contributed by atoms with Gasteiger partial charge in [0.25, 0.3) is 0 Å². The maximum atomic E-state index is 12.6. The van der Waals surface area contributed by atoms with Crippen LogP contribution in [0.15, 0.2) is 24.3 Å². The molecule has 0 aliphatic heterocycles. The Kier molecular flexibility index (Phi) is 3.66. The third-order valence-corrected chi connectivity index (χ3v) is 3.07. The lowest BCUT2D eigenvalue weighted by molar-refractivity contribution is -0.166. The van der Waals surface area contributed by atoms with Crippen molar-refractivity contribution in [3.8, 4) is 5.75 Å². The fraction of sp³-hybridized carbons (Fsp3) is 0.500. The molecule has 0 spiro atoms. The Balaban J connectivity index is 1.90. The van der Waals surface area contributed by atoms with Crippen molar-refractivity contribution in [1.29, 1.82) is 0 Å². The number of nitrogens with one attached hydrogen (secondary N) is 1. The van der Waals surface area contributed by atoms with Gasteiger partial charge in [0, 0.05) is 6.54 Å². The number of rotatable bonds is 5. The molecular weight excluding hydrogens is 269 g/mol. The standard InChI is InChI=1S/C12H12F5NO/c13-10(14)19-9-3-1-8(2-4-9)7-18-11(5-6-11)12(15,16)17/h1-4,10,18H,5-7H2. The van der Waals surface area contributed by atoms with Gasteiger partial charge in [-0.1, -0.05) is 12.1 Å². The molecule has 19 heavy (non-hydrogen) atoms. The molecule has 0 atom stereocenters. The molecule has 0 radical (unpaired) electrons. The molecule has 0 unspecified atom stereocenters. The maximum absolute atomic E-state index is 12.6. The van der Waals surface area contributed by atoms with Crippen LogP contribution >= 0.6 is 0 Å². The van der Waals surface area contributed by atoms with Gasteiger partial charge >= 0.3 is 12.8 Å². The maximum Gasteiger partial charge on any atom is 0.406 e. The Labute approximate surface area is 106 Å². The monoisotopic (exact) mass is 281 g/mol. The lowest BCUT2D eigenvalue weighted by Crippen LogP contribution is -2.44. The summed E-state index contributed by atoms with van der Waals surface area (Å²) in [6.45, 7) is -2.88. The fourth-order valence-electron chi connectivity index (χ4n) is 1.75. The topological polar surface area (TPSA) is 21.3 Å². The van der Waals surface area contributed by atoms with Crippen molar-refractivity contribution >= 4 is 0 Å². The van der Waals surface area contributed by atoms with E-state index in [1.54, 1.807) is 0 Å². The molecule has 0 aromatic heterocycles. The Morgan fingerprint density at radius 2 is 1.74 bits per heavy atom. The highest BCUT2D eigenvalue weighted by molar-refractivity contribution is 5.27. The molecule has 0 bridgehead atoms. The Bertz CT molecular complexity index is 425. The molecule has 1 saturated carbocycles. The molecule has 0 amide bonds. The normalized spacial score (nSPS) is 17.6. The predicted octanol–water partition coefficient (Wildman–Crippen LogP) is 3.47. The number of ether oxygens (including phenoxy) is 1. The van der Waals surface area contributed by atoms with Crippen LogP contribution in [-0.4, -0.2) is 18.3 Å². The van der Waals surface area contributed by atoms with Gasteiger partial charge < -0.3 is 4.74 Å². The van der Waals surface area contributed by atoms with E-state index in [4.69, 9.17) is 0 Å². The summed E-state index contributed by atoms with van der Waals surface area (Å²) in [4.78, 5) is 0. The first-order chi connectivity index (χ1) is 8.82. The molecule has 0 heterocycles. The molecule has 7 heteroatoms.